The Morgan fingerprint density at radius 1 is 1.26 bits per heavy atom. The second kappa shape index (κ2) is 4.51. The minimum Gasteiger partial charge on any atom is -0.369 e. The number of rotatable bonds is 1. The second-order valence-corrected chi connectivity index (χ2v) is 5.36. The Kier molecular flexibility index (Phi) is 2.95. The van der Waals surface area contributed by atoms with Gasteiger partial charge in [-0.15, -0.1) is 0 Å². The molecule has 96 valence electrons. The first-order valence-electron chi connectivity index (χ1n) is 5.45. The number of hydrogen-bond donors (Lipinski definition) is 1. The molecule has 1 heterocycles. The van der Waals surface area contributed by atoms with Crippen molar-refractivity contribution < 1.29 is 4.39 Å². The van der Waals surface area contributed by atoms with E-state index in [0.717, 1.165) is 10.2 Å². The summed E-state index contributed by atoms with van der Waals surface area (Å²) in [6.07, 6.45) is 0. The van der Waals surface area contributed by atoms with Crippen LogP contribution in [0.2, 0.25) is 5.02 Å². The lowest BCUT2D eigenvalue weighted by atomic mass is 10.2. The molecule has 0 aliphatic rings. The summed E-state index contributed by atoms with van der Waals surface area (Å²) >= 11 is 9.14. The van der Waals surface area contributed by atoms with Crippen molar-refractivity contribution in [3.05, 3.63) is 51.7 Å². The normalized spacial score (nSPS) is 11.1. The van der Waals surface area contributed by atoms with Gasteiger partial charge < -0.3 is 5.73 Å². The number of nitrogens with zero attached hydrogens (tertiary/aromatic N) is 2. The van der Waals surface area contributed by atoms with Crippen LogP contribution in [0.5, 0.6) is 0 Å². The van der Waals surface area contributed by atoms with E-state index in [0.29, 0.717) is 11.0 Å². The fourth-order valence-corrected chi connectivity index (χ4v) is 2.52. The number of halogens is 3. The van der Waals surface area contributed by atoms with Gasteiger partial charge >= 0.3 is 0 Å². The molecule has 0 radical (unpaired) electrons. The molecule has 2 aromatic carbocycles. The summed E-state index contributed by atoms with van der Waals surface area (Å²) in [4.78, 5) is 4.20. The van der Waals surface area contributed by atoms with Crippen LogP contribution < -0.4 is 5.73 Å². The summed E-state index contributed by atoms with van der Waals surface area (Å²) in [5.41, 5.74) is 7.85. The van der Waals surface area contributed by atoms with Gasteiger partial charge in [0.15, 0.2) is 0 Å². The molecular formula is C13H8BrClFN3. The minimum absolute atomic E-state index is 0.0337. The smallest absolute Gasteiger partial charge is 0.205 e. The molecule has 0 aliphatic heterocycles. The molecule has 0 saturated carbocycles. The van der Waals surface area contributed by atoms with Crippen LogP contribution in [0.4, 0.5) is 10.3 Å². The first kappa shape index (κ1) is 12.4. The van der Waals surface area contributed by atoms with Crippen molar-refractivity contribution in [1.82, 2.24) is 9.55 Å². The Balaban J connectivity index is 2.34. The molecule has 0 bridgehead atoms. The molecule has 0 amide bonds. The van der Waals surface area contributed by atoms with E-state index in [1.807, 2.05) is 24.3 Å². The van der Waals surface area contributed by atoms with Gasteiger partial charge in [0.1, 0.15) is 5.82 Å². The molecule has 3 rings (SSSR count). The molecule has 3 nitrogen and oxygen atoms in total. The zero-order chi connectivity index (χ0) is 13.6. The van der Waals surface area contributed by atoms with Crippen molar-refractivity contribution in [2.75, 3.05) is 5.73 Å². The Labute approximate surface area is 121 Å². The van der Waals surface area contributed by atoms with Crippen molar-refractivity contribution in [3.8, 4) is 5.69 Å². The molecule has 0 aliphatic carbocycles. The number of nitrogen functional groups attached to an aromatic ring is 1. The van der Waals surface area contributed by atoms with Crippen LogP contribution in [0.1, 0.15) is 0 Å². The van der Waals surface area contributed by atoms with Gasteiger partial charge in [-0.1, -0.05) is 33.6 Å². The number of nitrogens with two attached hydrogens (primary N) is 1. The Morgan fingerprint density at radius 2 is 2.05 bits per heavy atom. The maximum atomic E-state index is 13.6. The minimum atomic E-state index is -0.495. The molecule has 0 saturated heterocycles. The average molecular weight is 341 g/mol. The lowest BCUT2D eigenvalue weighted by Crippen LogP contribution is -2.00. The maximum absolute atomic E-state index is 13.6. The summed E-state index contributed by atoms with van der Waals surface area (Å²) in [7, 11) is 0. The maximum Gasteiger partial charge on any atom is 0.205 e. The van der Waals surface area contributed by atoms with E-state index in [1.165, 1.54) is 12.1 Å². The van der Waals surface area contributed by atoms with Gasteiger partial charge in [-0.3, -0.25) is 4.57 Å². The van der Waals surface area contributed by atoms with Crippen LogP contribution in [0, 0.1) is 5.82 Å². The standard InChI is InChI=1S/C13H8BrClFN3/c14-7-2-1-3-8(4-7)19-12-6-10(16)9(15)5-11(12)18-13(19)17/h1-6H,(H2,17,18). The van der Waals surface area contributed by atoms with E-state index >= 15 is 0 Å². The number of aromatic nitrogens is 2. The van der Waals surface area contributed by atoms with Gasteiger partial charge in [-0.25, -0.2) is 9.37 Å². The van der Waals surface area contributed by atoms with E-state index in [2.05, 4.69) is 20.9 Å². The van der Waals surface area contributed by atoms with Crippen LogP contribution in [0.3, 0.4) is 0 Å². The second-order valence-electron chi connectivity index (χ2n) is 4.04. The molecular weight excluding hydrogens is 333 g/mol. The zero-order valence-electron chi connectivity index (χ0n) is 9.57. The quantitative estimate of drug-likeness (QED) is 0.723. The molecule has 0 atom stereocenters. The monoisotopic (exact) mass is 339 g/mol. The number of fused-ring (bicyclic) bond motifs is 1. The molecule has 2 N–H and O–H groups in total. The van der Waals surface area contributed by atoms with Crippen molar-refractivity contribution in [2.24, 2.45) is 0 Å². The predicted octanol–water partition coefficient (Wildman–Crippen LogP) is 4.16. The third-order valence-corrected chi connectivity index (χ3v) is 3.57. The largest absolute Gasteiger partial charge is 0.369 e. The van der Waals surface area contributed by atoms with Crippen molar-refractivity contribution >= 4 is 44.5 Å². The van der Waals surface area contributed by atoms with Gasteiger partial charge in [0.2, 0.25) is 5.95 Å². The first-order valence-corrected chi connectivity index (χ1v) is 6.62. The summed E-state index contributed by atoms with van der Waals surface area (Å²) < 4.78 is 16.2. The highest BCUT2D eigenvalue weighted by atomic mass is 79.9. The van der Waals surface area contributed by atoms with Crippen molar-refractivity contribution in [3.63, 3.8) is 0 Å². The fraction of sp³-hybridized carbons (Fsp3) is 0. The van der Waals surface area contributed by atoms with Crippen molar-refractivity contribution in [1.29, 1.82) is 0 Å². The number of benzene rings is 2. The van der Waals surface area contributed by atoms with Gasteiger partial charge in [0.25, 0.3) is 0 Å². The SMILES string of the molecule is Nc1nc2cc(Cl)c(F)cc2n1-c1cccc(Br)c1. The third-order valence-electron chi connectivity index (χ3n) is 2.79. The van der Waals surface area contributed by atoms with Crippen LogP contribution >= 0.6 is 27.5 Å². The Hall–Kier alpha value is -1.59. The summed E-state index contributed by atoms with van der Waals surface area (Å²) in [5.74, 6) is -0.208. The van der Waals surface area contributed by atoms with Gasteiger partial charge in [-0.05, 0) is 24.3 Å². The van der Waals surface area contributed by atoms with Gasteiger partial charge in [0, 0.05) is 10.5 Å². The molecule has 0 spiro atoms. The Bertz CT molecular complexity index is 785. The Morgan fingerprint density at radius 3 is 2.79 bits per heavy atom. The summed E-state index contributed by atoms with van der Waals surface area (Å²) in [5, 5.41) is 0.0337. The van der Waals surface area contributed by atoms with Gasteiger partial charge in [0.05, 0.1) is 21.7 Å². The summed E-state index contributed by atoms with van der Waals surface area (Å²) in [6.45, 7) is 0. The molecule has 6 heteroatoms. The predicted molar refractivity (Wildman–Crippen MR) is 78.2 cm³/mol. The van der Waals surface area contributed by atoms with Crippen molar-refractivity contribution in [2.45, 2.75) is 0 Å². The van der Waals surface area contributed by atoms with Crippen LogP contribution in [-0.2, 0) is 0 Å². The van der Waals surface area contributed by atoms with E-state index < -0.39 is 5.82 Å². The highest BCUT2D eigenvalue weighted by Crippen LogP contribution is 2.28. The molecule has 19 heavy (non-hydrogen) atoms. The molecule has 3 aromatic rings. The van der Waals surface area contributed by atoms with Crippen LogP contribution in [0.25, 0.3) is 16.7 Å². The highest BCUT2D eigenvalue weighted by molar-refractivity contribution is 9.10. The fourth-order valence-electron chi connectivity index (χ4n) is 1.98. The number of imidazole rings is 1. The van der Waals surface area contributed by atoms with E-state index in [-0.39, 0.29) is 11.0 Å². The lowest BCUT2D eigenvalue weighted by Gasteiger charge is -2.07. The van der Waals surface area contributed by atoms with E-state index in [1.54, 1.807) is 4.57 Å². The molecule has 0 unspecified atom stereocenters. The first-order chi connectivity index (χ1) is 9.06. The average Bonchev–Trinajstić information content (AvgIpc) is 2.65. The molecule has 0 fully saturated rings. The third kappa shape index (κ3) is 2.09. The van der Waals surface area contributed by atoms with E-state index in [4.69, 9.17) is 17.3 Å². The number of hydrogen-bond acceptors (Lipinski definition) is 2. The topological polar surface area (TPSA) is 43.8 Å². The number of anilines is 1. The van der Waals surface area contributed by atoms with Crippen LogP contribution in [0.15, 0.2) is 40.9 Å². The highest BCUT2D eigenvalue weighted by Gasteiger charge is 2.13. The molecule has 1 aromatic heterocycles. The lowest BCUT2D eigenvalue weighted by molar-refractivity contribution is 0.629. The van der Waals surface area contributed by atoms with Gasteiger partial charge in [-0.2, -0.15) is 0 Å². The van der Waals surface area contributed by atoms with Crippen LogP contribution in [-0.4, -0.2) is 9.55 Å². The van der Waals surface area contributed by atoms with E-state index in [9.17, 15) is 4.39 Å². The zero-order valence-corrected chi connectivity index (χ0v) is 11.9. The summed E-state index contributed by atoms with van der Waals surface area (Å²) in [6, 6.07) is 10.3.